The van der Waals surface area contributed by atoms with Crippen molar-refractivity contribution in [3.8, 4) is 0 Å². The minimum Gasteiger partial charge on any atom is -0.380 e. The van der Waals surface area contributed by atoms with Crippen LogP contribution in [-0.2, 0) is 17.9 Å². The van der Waals surface area contributed by atoms with E-state index in [1.165, 1.54) is 30.4 Å². The first-order valence-corrected chi connectivity index (χ1v) is 6.58. The van der Waals surface area contributed by atoms with Gasteiger partial charge in [-0.3, -0.25) is 0 Å². The quantitative estimate of drug-likeness (QED) is 0.843. The van der Waals surface area contributed by atoms with E-state index in [1.807, 2.05) is 0 Å². The molecule has 0 aromatic heterocycles. The Labute approximate surface area is 104 Å². The van der Waals surface area contributed by atoms with Gasteiger partial charge in [-0.15, -0.1) is 0 Å². The molecule has 1 aromatic rings. The van der Waals surface area contributed by atoms with Gasteiger partial charge in [0.05, 0.1) is 6.61 Å². The fourth-order valence-electron chi connectivity index (χ4n) is 2.67. The molecule has 0 spiro atoms. The van der Waals surface area contributed by atoms with E-state index in [0.717, 1.165) is 12.5 Å². The third kappa shape index (κ3) is 3.55. The van der Waals surface area contributed by atoms with Crippen molar-refractivity contribution in [2.45, 2.75) is 45.4 Å². The Morgan fingerprint density at radius 3 is 2.65 bits per heavy atom. The lowest BCUT2D eigenvalue weighted by atomic mass is 10.1. The third-order valence-corrected chi connectivity index (χ3v) is 3.69. The maximum absolute atomic E-state index is 5.23. The SMILES string of the molecule is COCc1ccccc1CNC1CCC(C)C1. The van der Waals surface area contributed by atoms with Gasteiger partial charge in [0, 0.05) is 19.7 Å². The number of hydrogen-bond donors (Lipinski definition) is 1. The summed E-state index contributed by atoms with van der Waals surface area (Å²) in [6.07, 6.45) is 4.03. The van der Waals surface area contributed by atoms with E-state index in [0.29, 0.717) is 12.6 Å². The van der Waals surface area contributed by atoms with Gasteiger partial charge in [-0.25, -0.2) is 0 Å². The zero-order valence-electron chi connectivity index (χ0n) is 10.9. The van der Waals surface area contributed by atoms with Crippen LogP contribution >= 0.6 is 0 Å². The predicted octanol–water partition coefficient (Wildman–Crippen LogP) is 3.11. The molecule has 0 radical (unpaired) electrons. The molecule has 0 saturated heterocycles. The second-order valence-electron chi connectivity index (χ2n) is 5.20. The van der Waals surface area contributed by atoms with Crippen molar-refractivity contribution in [3.05, 3.63) is 35.4 Å². The highest BCUT2D eigenvalue weighted by Gasteiger charge is 2.20. The molecule has 1 N–H and O–H groups in total. The molecule has 17 heavy (non-hydrogen) atoms. The molecule has 1 aromatic carbocycles. The minimum atomic E-state index is 0.707. The Hall–Kier alpha value is -0.860. The molecule has 1 aliphatic carbocycles. The lowest BCUT2D eigenvalue weighted by molar-refractivity contribution is 0.184. The standard InChI is InChI=1S/C15H23NO/c1-12-7-8-15(9-12)16-10-13-5-3-4-6-14(13)11-17-2/h3-6,12,15-16H,7-11H2,1-2H3. The monoisotopic (exact) mass is 233 g/mol. The van der Waals surface area contributed by atoms with Crippen molar-refractivity contribution in [1.29, 1.82) is 0 Å². The Balaban J connectivity index is 1.89. The summed E-state index contributed by atoms with van der Waals surface area (Å²) >= 11 is 0. The molecule has 2 nitrogen and oxygen atoms in total. The lowest BCUT2D eigenvalue weighted by Gasteiger charge is -2.14. The zero-order valence-corrected chi connectivity index (χ0v) is 10.9. The molecule has 1 fully saturated rings. The Morgan fingerprint density at radius 1 is 1.24 bits per heavy atom. The van der Waals surface area contributed by atoms with Crippen molar-refractivity contribution in [2.75, 3.05) is 7.11 Å². The van der Waals surface area contributed by atoms with Gasteiger partial charge in [-0.1, -0.05) is 31.2 Å². The maximum atomic E-state index is 5.23. The third-order valence-electron chi connectivity index (χ3n) is 3.69. The summed E-state index contributed by atoms with van der Waals surface area (Å²) in [4.78, 5) is 0. The van der Waals surface area contributed by atoms with Crippen molar-refractivity contribution < 1.29 is 4.74 Å². The van der Waals surface area contributed by atoms with Crippen LogP contribution in [0.5, 0.6) is 0 Å². The first kappa shape index (κ1) is 12.6. The number of nitrogens with one attached hydrogen (secondary N) is 1. The summed E-state index contributed by atoms with van der Waals surface area (Å²) in [6.45, 7) is 4.02. The Bertz CT molecular complexity index is 351. The van der Waals surface area contributed by atoms with Crippen LogP contribution in [0.2, 0.25) is 0 Å². The molecule has 1 saturated carbocycles. The van der Waals surface area contributed by atoms with Crippen molar-refractivity contribution in [3.63, 3.8) is 0 Å². The fraction of sp³-hybridized carbons (Fsp3) is 0.600. The lowest BCUT2D eigenvalue weighted by Crippen LogP contribution is -2.26. The molecule has 2 atom stereocenters. The molecular formula is C15H23NO. The topological polar surface area (TPSA) is 21.3 Å². The van der Waals surface area contributed by atoms with Crippen LogP contribution in [0, 0.1) is 5.92 Å². The van der Waals surface area contributed by atoms with E-state index >= 15 is 0 Å². The van der Waals surface area contributed by atoms with Gasteiger partial charge in [0.1, 0.15) is 0 Å². The largest absolute Gasteiger partial charge is 0.380 e. The molecule has 0 bridgehead atoms. The molecular weight excluding hydrogens is 210 g/mol. The molecule has 0 amide bonds. The summed E-state index contributed by atoms with van der Waals surface area (Å²) in [6, 6.07) is 9.24. The Morgan fingerprint density at radius 2 is 2.00 bits per heavy atom. The maximum Gasteiger partial charge on any atom is 0.0716 e. The second-order valence-corrected chi connectivity index (χ2v) is 5.20. The van der Waals surface area contributed by atoms with Gasteiger partial charge in [0.15, 0.2) is 0 Å². The highest BCUT2D eigenvalue weighted by Crippen LogP contribution is 2.25. The highest BCUT2D eigenvalue weighted by molar-refractivity contribution is 5.26. The van der Waals surface area contributed by atoms with Crippen LogP contribution in [0.25, 0.3) is 0 Å². The van der Waals surface area contributed by atoms with Crippen LogP contribution in [0.3, 0.4) is 0 Å². The molecule has 2 unspecified atom stereocenters. The van der Waals surface area contributed by atoms with Crippen LogP contribution < -0.4 is 5.32 Å². The molecule has 1 aliphatic rings. The van der Waals surface area contributed by atoms with Gasteiger partial charge in [-0.05, 0) is 36.3 Å². The molecule has 2 rings (SSSR count). The van der Waals surface area contributed by atoms with Crippen LogP contribution in [-0.4, -0.2) is 13.2 Å². The summed E-state index contributed by atoms with van der Waals surface area (Å²) in [7, 11) is 1.75. The number of hydrogen-bond acceptors (Lipinski definition) is 2. The summed E-state index contributed by atoms with van der Waals surface area (Å²) in [5.41, 5.74) is 2.67. The highest BCUT2D eigenvalue weighted by atomic mass is 16.5. The second kappa shape index (κ2) is 6.18. The van der Waals surface area contributed by atoms with E-state index in [1.54, 1.807) is 7.11 Å². The van der Waals surface area contributed by atoms with E-state index in [4.69, 9.17) is 4.74 Å². The van der Waals surface area contributed by atoms with Gasteiger partial charge in [0.25, 0.3) is 0 Å². The molecule has 2 heteroatoms. The summed E-state index contributed by atoms with van der Waals surface area (Å²) < 4.78 is 5.23. The first-order chi connectivity index (χ1) is 8.29. The zero-order chi connectivity index (χ0) is 12.1. The van der Waals surface area contributed by atoms with Crippen LogP contribution in [0.15, 0.2) is 24.3 Å². The van der Waals surface area contributed by atoms with E-state index < -0.39 is 0 Å². The predicted molar refractivity (Wildman–Crippen MR) is 70.8 cm³/mol. The first-order valence-electron chi connectivity index (χ1n) is 6.58. The Kier molecular flexibility index (Phi) is 4.57. The number of rotatable bonds is 5. The average molecular weight is 233 g/mol. The van der Waals surface area contributed by atoms with Gasteiger partial charge < -0.3 is 10.1 Å². The van der Waals surface area contributed by atoms with Gasteiger partial charge in [-0.2, -0.15) is 0 Å². The van der Waals surface area contributed by atoms with Crippen molar-refractivity contribution in [2.24, 2.45) is 5.92 Å². The van der Waals surface area contributed by atoms with E-state index in [-0.39, 0.29) is 0 Å². The number of benzene rings is 1. The average Bonchev–Trinajstić information content (AvgIpc) is 2.74. The van der Waals surface area contributed by atoms with Gasteiger partial charge in [0.2, 0.25) is 0 Å². The van der Waals surface area contributed by atoms with Crippen molar-refractivity contribution in [1.82, 2.24) is 5.32 Å². The van der Waals surface area contributed by atoms with Crippen molar-refractivity contribution >= 4 is 0 Å². The van der Waals surface area contributed by atoms with Crippen LogP contribution in [0.1, 0.15) is 37.3 Å². The fourth-order valence-corrected chi connectivity index (χ4v) is 2.67. The van der Waals surface area contributed by atoms with Gasteiger partial charge >= 0.3 is 0 Å². The van der Waals surface area contributed by atoms with E-state index in [2.05, 4.69) is 36.5 Å². The summed E-state index contributed by atoms with van der Waals surface area (Å²) in [5, 5.41) is 3.67. The normalized spacial score (nSPS) is 24.1. The molecule has 0 aliphatic heterocycles. The number of methoxy groups -OCH3 is 1. The molecule has 0 heterocycles. The van der Waals surface area contributed by atoms with Crippen LogP contribution in [0.4, 0.5) is 0 Å². The minimum absolute atomic E-state index is 0.707. The molecule has 94 valence electrons. The summed E-state index contributed by atoms with van der Waals surface area (Å²) in [5.74, 6) is 0.890. The number of ether oxygens (including phenoxy) is 1. The smallest absolute Gasteiger partial charge is 0.0716 e. The van der Waals surface area contributed by atoms with E-state index in [9.17, 15) is 0 Å².